The zero-order valence-electron chi connectivity index (χ0n) is 11.7. The van der Waals surface area contributed by atoms with Crippen molar-refractivity contribution >= 4 is 34.6 Å². The number of halogens is 1. The summed E-state index contributed by atoms with van der Waals surface area (Å²) < 4.78 is 5.83. The van der Waals surface area contributed by atoms with Crippen molar-refractivity contribution in [3.8, 4) is 0 Å². The van der Waals surface area contributed by atoms with Crippen LogP contribution in [0.15, 0.2) is 30.3 Å². The molecule has 1 aliphatic rings. The second kappa shape index (κ2) is 6.08. The molecule has 0 aliphatic heterocycles. The fourth-order valence-corrected chi connectivity index (χ4v) is 3.96. The number of ether oxygens (including phenoxy) is 1. The molecule has 0 amide bonds. The lowest BCUT2D eigenvalue weighted by Gasteiger charge is -2.14. The van der Waals surface area contributed by atoms with Crippen LogP contribution in [-0.4, -0.2) is 12.6 Å². The van der Waals surface area contributed by atoms with Gasteiger partial charge in [-0.15, -0.1) is 11.3 Å². The summed E-state index contributed by atoms with van der Waals surface area (Å²) in [4.78, 5) is 13.0. The number of fused-ring (bicyclic) bond motifs is 1. The predicted octanol–water partition coefficient (Wildman–Crippen LogP) is 4.68. The second-order valence-electron chi connectivity index (χ2n) is 4.96. The highest BCUT2D eigenvalue weighted by molar-refractivity contribution is 7.16. The molecule has 2 aromatic rings. The number of nitrogens with one attached hydrogen (secondary N) is 1. The van der Waals surface area contributed by atoms with Gasteiger partial charge in [0.15, 0.2) is 0 Å². The van der Waals surface area contributed by atoms with Crippen molar-refractivity contribution < 1.29 is 9.53 Å². The Bertz CT molecular complexity index is 651. The van der Waals surface area contributed by atoms with Crippen LogP contribution >= 0.6 is 22.9 Å². The third kappa shape index (κ3) is 3.06. The van der Waals surface area contributed by atoms with Crippen LogP contribution in [0.4, 0.5) is 5.69 Å². The molecule has 1 aliphatic carbocycles. The minimum atomic E-state index is -0.281. The quantitative estimate of drug-likeness (QED) is 0.831. The smallest absolute Gasteiger partial charge is 0.338 e. The van der Waals surface area contributed by atoms with E-state index in [4.69, 9.17) is 16.3 Å². The number of anilines is 1. The maximum atomic E-state index is 11.6. The Kier molecular flexibility index (Phi) is 4.17. The van der Waals surface area contributed by atoms with Crippen LogP contribution in [0.1, 0.15) is 40.2 Å². The molecular formula is C16H16ClNO2S. The number of rotatable bonds is 4. The van der Waals surface area contributed by atoms with Crippen LogP contribution < -0.4 is 5.32 Å². The van der Waals surface area contributed by atoms with E-state index in [-0.39, 0.29) is 5.97 Å². The summed E-state index contributed by atoms with van der Waals surface area (Å²) in [5, 5.41) is 3.50. The minimum Gasteiger partial charge on any atom is -0.462 e. The minimum absolute atomic E-state index is 0.281. The molecule has 0 saturated carbocycles. The van der Waals surface area contributed by atoms with Gasteiger partial charge in [0.1, 0.15) is 0 Å². The molecule has 21 heavy (non-hydrogen) atoms. The Morgan fingerprint density at radius 3 is 2.90 bits per heavy atom. The van der Waals surface area contributed by atoms with Crippen LogP contribution in [-0.2, 0) is 11.2 Å². The molecule has 1 aromatic carbocycles. The van der Waals surface area contributed by atoms with Crippen LogP contribution in [0.3, 0.4) is 0 Å². The Hall–Kier alpha value is -1.52. The van der Waals surface area contributed by atoms with E-state index in [9.17, 15) is 4.79 Å². The van der Waals surface area contributed by atoms with Gasteiger partial charge in [0.2, 0.25) is 0 Å². The molecule has 0 fully saturated rings. The lowest BCUT2D eigenvalue weighted by Crippen LogP contribution is -2.08. The number of thiophene rings is 1. The van der Waals surface area contributed by atoms with Gasteiger partial charge in [-0.05, 0) is 55.7 Å². The molecule has 0 bridgehead atoms. The van der Waals surface area contributed by atoms with E-state index < -0.39 is 0 Å². The second-order valence-corrected chi connectivity index (χ2v) is 6.73. The average Bonchev–Trinajstić information content (AvgIpc) is 3.00. The largest absolute Gasteiger partial charge is 0.462 e. The maximum Gasteiger partial charge on any atom is 0.338 e. The van der Waals surface area contributed by atoms with Crippen LogP contribution in [0.5, 0.6) is 0 Å². The lowest BCUT2D eigenvalue weighted by molar-refractivity contribution is 0.0526. The number of carbonyl (C=O) groups is 1. The Morgan fingerprint density at radius 2 is 2.19 bits per heavy atom. The number of hydrogen-bond acceptors (Lipinski definition) is 4. The van der Waals surface area contributed by atoms with Gasteiger partial charge in [-0.25, -0.2) is 4.79 Å². The average molecular weight is 322 g/mol. The van der Waals surface area contributed by atoms with Crippen molar-refractivity contribution in [3.63, 3.8) is 0 Å². The van der Waals surface area contributed by atoms with Gasteiger partial charge in [-0.1, -0.05) is 11.6 Å². The van der Waals surface area contributed by atoms with E-state index in [1.54, 1.807) is 30.4 Å². The molecule has 0 spiro atoms. The van der Waals surface area contributed by atoms with Gasteiger partial charge >= 0.3 is 5.97 Å². The number of carbonyl (C=O) groups excluding carboxylic acids is 1. The molecule has 3 nitrogen and oxygen atoms in total. The molecular weight excluding hydrogens is 306 g/mol. The molecule has 0 saturated heterocycles. The summed E-state index contributed by atoms with van der Waals surface area (Å²) >= 11 is 7.74. The van der Waals surface area contributed by atoms with E-state index in [0.29, 0.717) is 18.2 Å². The van der Waals surface area contributed by atoms with E-state index in [1.807, 2.05) is 12.1 Å². The van der Waals surface area contributed by atoms with Gasteiger partial charge in [0.25, 0.3) is 0 Å². The molecule has 5 heteroatoms. The van der Waals surface area contributed by atoms with Gasteiger partial charge in [0.05, 0.1) is 22.5 Å². The summed E-state index contributed by atoms with van der Waals surface area (Å²) in [5.74, 6) is -0.281. The molecule has 1 aromatic heterocycles. The standard InChI is InChI=1S/C16H16ClNO2S/c1-2-20-16(19)10-3-5-11(6-4-10)18-13-7-8-14-12(13)9-15(17)21-14/h3-6,9,13,18H,2,7-8H2,1H3. The summed E-state index contributed by atoms with van der Waals surface area (Å²) in [7, 11) is 0. The molecule has 1 N–H and O–H groups in total. The lowest BCUT2D eigenvalue weighted by atomic mass is 10.1. The Labute approximate surface area is 132 Å². The third-order valence-electron chi connectivity index (χ3n) is 3.58. The number of aryl methyl sites for hydroxylation is 1. The Morgan fingerprint density at radius 1 is 1.43 bits per heavy atom. The van der Waals surface area contributed by atoms with Gasteiger partial charge in [-0.3, -0.25) is 0 Å². The summed E-state index contributed by atoms with van der Waals surface area (Å²) in [5.41, 5.74) is 2.88. The van der Waals surface area contributed by atoms with Crippen molar-refractivity contribution in [1.82, 2.24) is 0 Å². The van der Waals surface area contributed by atoms with Crippen LogP contribution in [0.2, 0.25) is 4.34 Å². The first-order valence-electron chi connectivity index (χ1n) is 6.99. The Balaban J connectivity index is 1.70. The highest BCUT2D eigenvalue weighted by Crippen LogP contribution is 2.40. The SMILES string of the molecule is CCOC(=O)c1ccc(NC2CCc3sc(Cl)cc32)cc1. The molecule has 1 heterocycles. The first-order chi connectivity index (χ1) is 10.2. The van der Waals surface area contributed by atoms with E-state index in [2.05, 4.69) is 11.4 Å². The first kappa shape index (κ1) is 14.4. The molecule has 3 rings (SSSR count). The fraction of sp³-hybridized carbons (Fsp3) is 0.312. The van der Waals surface area contributed by atoms with Gasteiger partial charge < -0.3 is 10.1 Å². The topological polar surface area (TPSA) is 38.3 Å². The zero-order chi connectivity index (χ0) is 14.8. The number of hydrogen-bond donors (Lipinski definition) is 1. The monoisotopic (exact) mass is 321 g/mol. The highest BCUT2D eigenvalue weighted by Gasteiger charge is 2.24. The van der Waals surface area contributed by atoms with Crippen molar-refractivity contribution in [2.24, 2.45) is 0 Å². The van der Waals surface area contributed by atoms with E-state index in [0.717, 1.165) is 22.9 Å². The summed E-state index contributed by atoms with van der Waals surface area (Å²) in [6, 6.07) is 9.76. The molecule has 0 radical (unpaired) electrons. The van der Waals surface area contributed by atoms with Gasteiger partial charge in [-0.2, -0.15) is 0 Å². The van der Waals surface area contributed by atoms with Crippen molar-refractivity contribution in [3.05, 3.63) is 50.7 Å². The highest BCUT2D eigenvalue weighted by atomic mass is 35.5. The van der Waals surface area contributed by atoms with Gasteiger partial charge in [0, 0.05) is 10.6 Å². The third-order valence-corrected chi connectivity index (χ3v) is 4.92. The number of benzene rings is 1. The van der Waals surface area contributed by atoms with E-state index >= 15 is 0 Å². The van der Waals surface area contributed by atoms with Crippen molar-refractivity contribution in [2.45, 2.75) is 25.8 Å². The summed E-state index contributed by atoms with van der Waals surface area (Å²) in [6.07, 6.45) is 2.16. The first-order valence-corrected chi connectivity index (χ1v) is 8.18. The molecule has 1 atom stereocenters. The van der Waals surface area contributed by atoms with Crippen LogP contribution in [0.25, 0.3) is 0 Å². The number of esters is 1. The normalized spacial score (nSPS) is 16.6. The van der Waals surface area contributed by atoms with Crippen molar-refractivity contribution in [1.29, 1.82) is 0 Å². The zero-order valence-corrected chi connectivity index (χ0v) is 13.3. The van der Waals surface area contributed by atoms with Crippen molar-refractivity contribution in [2.75, 3.05) is 11.9 Å². The maximum absolute atomic E-state index is 11.6. The fourth-order valence-electron chi connectivity index (χ4n) is 2.60. The molecule has 110 valence electrons. The van der Waals surface area contributed by atoms with E-state index in [1.165, 1.54) is 10.4 Å². The molecule has 1 unspecified atom stereocenters. The summed E-state index contributed by atoms with van der Waals surface area (Å²) in [6.45, 7) is 2.19. The van der Waals surface area contributed by atoms with Crippen LogP contribution in [0, 0.1) is 0 Å². The predicted molar refractivity (Wildman–Crippen MR) is 86.4 cm³/mol.